The Morgan fingerprint density at radius 2 is 1.59 bits per heavy atom. The van der Waals surface area contributed by atoms with Crippen LogP contribution in [-0.2, 0) is 6.54 Å². The summed E-state index contributed by atoms with van der Waals surface area (Å²) in [6, 6.07) is 13.9. The number of hydrogen-bond acceptors (Lipinski definition) is 6. The number of nitrogens with one attached hydrogen (secondary N) is 1. The van der Waals surface area contributed by atoms with Crippen molar-refractivity contribution in [3.05, 3.63) is 72.0 Å². The number of hydrogen-bond donors (Lipinski definition) is 5. The standard InChI is InChI=1S/C22H18N2O5/c23-10-12-1-3-14(4-2-12)24-22(28)18-8-17(27)9-20-21(18)19(11-29-20)13-5-15(25)7-16(26)6-13/h1-9,11,25-27H,10,23H2,(H,24,28). The number of aromatic hydroxyl groups is 3. The maximum Gasteiger partial charge on any atom is 0.256 e. The average Bonchev–Trinajstić information content (AvgIpc) is 3.11. The summed E-state index contributed by atoms with van der Waals surface area (Å²) in [5, 5.41) is 32.9. The van der Waals surface area contributed by atoms with Crippen LogP contribution in [0.2, 0.25) is 0 Å². The van der Waals surface area contributed by atoms with E-state index in [2.05, 4.69) is 5.32 Å². The molecule has 7 heteroatoms. The van der Waals surface area contributed by atoms with Crippen LogP contribution >= 0.6 is 0 Å². The first-order valence-electron chi connectivity index (χ1n) is 8.82. The van der Waals surface area contributed by atoms with Gasteiger partial charge >= 0.3 is 0 Å². The number of carbonyl (C=O) groups is 1. The first-order chi connectivity index (χ1) is 13.9. The SMILES string of the molecule is NCc1ccc(NC(=O)c2cc(O)cc3occ(-c4cc(O)cc(O)c4)c23)cc1. The fourth-order valence-corrected chi connectivity index (χ4v) is 3.22. The van der Waals surface area contributed by atoms with Gasteiger partial charge in [0.1, 0.15) is 22.8 Å². The monoisotopic (exact) mass is 390 g/mol. The van der Waals surface area contributed by atoms with Crippen molar-refractivity contribution in [1.29, 1.82) is 0 Å². The minimum Gasteiger partial charge on any atom is -0.508 e. The number of nitrogens with two attached hydrogens (primary N) is 1. The number of amides is 1. The molecule has 3 aromatic carbocycles. The molecule has 0 aliphatic rings. The van der Waals surface area contributed by atoms with E-state index in [1.54, 1.807) is 12.1 Å². The molecule has 4 aromatic rings. The van der Waals surface area contributed by atoms with Gasteiger partial charge < -0.3 is 30.8 Å². The number of anilines is 1. The molecule has 6 N–H and O–H groups in total. The van der Waals surface area contributed by atoms with Crippen LogP contribution in [0.15, 0.2) is 65.3 Å². The third-order valence-electron chi connectivity index (χ3n) is 4.57. The van der Waals surface area contributed by atoms with Crippen molar-refractivity contribution in [2.75, 3.05) is 5.32 Å². The normalized spacial score (nSPS) is 10.9. The minimum absolute atomic E-state index is 0.124. The van der Waals surface area contributed by atoms with Gasteiger partial charge in [0, 0.05) is 35.3 Å². The predicted octanol–water partition coefficient (Wildman–Crippen LogP) is 3.93. The largest absolute Gasteiger partial charge is 0.508 e. The van der Waals surface area contributed by atoms with Crippen LogP contribution in [0.4, 0.5) is 5.69 Å². The van der Waals surface area contributed by atoms with Gasteiger partial charge in [0.05, 0.1) is 11.8 Å². The molecular weight excluding hydrogens is 372 g/mol. The molecule has 0 spiro atoms. The van der Waals surface area contributed by atoms with E-state index in [4.69, 9.17) is 10.2 Å². The van der Waals surface area contributed by atoms with E-state index in [1.807, 2.05) is 12.1 Å². The lowest BCUT2D eigenvalue weighted by Gasteiger charge is -2.09. The van der Waals surface area contributed by atoms with Gasteiger partial charge in [-0.2, -0.15) is 0 Å². The summed E-state index contributed by atoms with van der Waals surface area (Å²) in [5.74, 6) is -0.822. The molecule has 0 aliphatic carbocycles. The highest BCUT2D eigenvalue weighted by atomic mass is 16.3. The molecule has 0 saturated heterocycles. The van der Waals surface area contributed by atoms with Gasteiger partial charge in [0.15, 0.2) is 0 Å². The molecule has 0 aliphatic heterocycles. The van der Waals surface area contributed by atoms with Gasteiger partial charge in [-0.1, -0.05) is 12.1 Å². The number of furan rings is 1. The van der Waals surface area contributed by atoms with E-state index in [1.165, 1.54) is 36.6 Å². The van der Waals surface area contributed by atoms with Crippen LogP contribution < -0.4 is 11.1 Å². The Morgan fingerprint density at radius 3 is 2.24 bits per heavy atom. The maximum absolute atomic E-state index is 13.0. The zero-order chi connectivity index (χ0) is 20.5. The summed E-state index contributed by atoms with van der Waals surface area (Å²) in [6.45, 7) is 0.399. The Balaban J connectivity index is 1.80. The van der Waals surface area contributed by atoms with E-state index >= 15 is 0 Å². The molecule has 0 bridgehead atoms. The van der Waals surface area contributed by atoms with Crippen LogP contribution in [0.25, 0.3) is 22.1 Å². The van der Waals surface area contributed by atoms with Crippen molar-refractivity contribution in [1.82, 2.24) is 0 Å². The molecule has 7 nitrogen and oxygen atoms in total. The topological polar surface area (TPSA) is 129 Å². The zero-order valence-corrected chi connectivity index (χ0v) is 15.2. The van der Waals surface area contributed by atoms with Crippen LogP contribution in [0, 0.1) is 0 Å². The second-order valence-electron chi connectivity index (χ2n) is 6.61. The lowest BCUT2D eigenvalue weighted by Crippen LogP contribution is -2.12. The highest BCUT2D eigenvalue weighted by Gasteiger charge is 2.20. The Hall–Kier alpha value is -3.97. The molecule has 0 unspecified atom stereocenters. The zero-order valence-electron chi connectivity index (χ0n) is 15.2. The third-order valence-corrected chi connectivity index (χ3v) is 4.57. The molecule has 1 amide bonds. The van der Waals surface area contributed by atoms with Crippen molar-refractivity contribution >= 4 is 22.6 Å². The minimum atomic E-state index is -0.446. The number of phenols is 3. The number of carbonyl (C=O) groups excluding carboxylic acids is 1. The highest BCUT2D eigenvalue weighted by molar-refractivity contribution is 6.16. The second-order valence-corrected chi connectivity index (χ2v) is 6.61. The number of fused-ring (bicyclic) bond motifs is 1. The van der Waals surface area contributed by atoms with Crippen molar-refractivity contribution in [2.45, 2.75) is 6.54 Å². The molecule has 1 aromatic heterocycles. The van der Waals surface area contributed by atoms with Crippen molar-refractivity contribution in [3.63, 3.8) is 0 Å². The average molecular weight is 390 g/mol. The van der Waals surface area contributed by atoms with Crippen molar-refractivity contribution in [3.8, 4) is 28.4 Å². The quantitative estimate of drug-likeness (QED) is 0.359. The van der Waals surface area contributed by atoms with Crippen LogP contribution in [0.5, 0.6) is 17.2 Å². The molecule has 0 atom stereocenters. The number of phenolic OH excluding ortho intramolecular Hbond substituents is 3. The van der Waals surface area contributed by atoms with Crippen LogP contribution in [0.1, 0.15) is 15.9 Å². The van der Waals surface area contributed by atoms with Gasteiger partial charge in [-0.15, -0.1) is 0 Å². The van der Waals surface area contributed by atoms with E-state index < -0.39 is 5.91 Å². The van der Waals surface area contributed by atoms with E-state index in [-0.39, 0.29) is 22.8 Å². The summed E-state index contributed by atoms with van der Waals surface area (Å²) in [5.41, 5.74) is 8.55. The summed E-state index contributed by atoms with van der Waals surface area (Å²) in [7, 11) is 0. The molecular formula is C22H18N2O5. The Bertz CT molecular complexity index is 1190. The summed E-state index contributed by atoms with van der Waals surface area (Å²) < 4.78 is 5.52. The first kappa shape index (κ1) is 18.4. The lowest BCUT2D eigenvalue weighted by molar-refractivity contribution is 0.102. The fraction of sp³-hybridized carbons (Fsp3) is 0.0455. The molecule has 4 rings (SSSR count). The molecule has 1 heterocycles. The van der Waals surface area contributed by atoms with Gasteiger partial charge in [-0.3, -0.25) is 4.79 Å². The molecule has 0 fully saturated rings. The Labute approximate surface area is 165 Å². The van der Waals surface area contributed by atoms with Crippen molar-refractivity contribution in [2.24, 2.45) is 5.73 Å². The van der Waals surface area contributed by atoms with Gasteiger partial charge in [0.25, 0.3) is 5.91 Å². The van der Waals surface area contributed by atoms with Crippen molar-refractivity contribution < 1.29 is 24.5 Å². The summed E-state index contributed by atoms with van der Waals surface area (Å²) in [4.78, 5) is 13.0. The van der Waals surface area contributed by atoms with Gasteiger partial charge in [-0.25, -0.2) is 0 Å². The number of rotatable bonds is 4. The van der Waals surface area contributed by atoms with Gasteiger partial charge in [0.2, 0.25) is 0 Å². The molecule has 0 saturated carbocycles. The van der Waals surface area contributed by atoms with E-state index in [0.29, 0.717) is 34.3 Å². The van der Waals surface area contributed by atoms with Crippen LogP contribution in [-0.4, -0.2) is 21.2 Å². The Morgan fingerprint density at radius 1 is 0.931 bits per heavy atom. The third kappa shape index (κ3) is 3.59. The van der Waals surface area contributed by atoms with E-state index in [0.717, 1.165) is 5.56 Å². The molecule has 29 heavy (non-hydrogen) atoms. The fourth-order valence-electron chi connectivity index (χ4n) is 3.22. The lowest BCUT2D eigenvalue weighted by atomic mass is 9.99. The predicted molar refractivity (Wildman–Crippen MR) is 109 cm³/mol. The highest BCUT2D eigenvalue weighted by Crippen LogP contribution is 2.38. The van der Waals surface area contributed by atoms with Crippen LogP contribution in [0.3, 0.4) is 0 Å². The Kier molecular flexibility index (Phi) is 4.58. The maximum atomic E-state index is 13.0. The summed E-state index contributed by atoms with van der Waals surface area (Å²) >= 11 is 0. The molecule has 146 valence electrons. The number of benzene rings is 3. The summed E-state index contributed by atoms with van der Waals surface area (Å²) in [6.07, 6.45) is 1.41. The smallest absolute Gasteiger partial charge is 0.256 e. The second kappa shape index (κ2) is 7.21. The van der Waals surface area contributed by atoms with Gasteiger partial charge in [-0.05, 0) is 41.5 Å². The van der Waals surface area contributed by atoms with E-state index in [9.17, 15) is 20.1 Å². The molecule has 0 radical (unpaired) electrons. The first-order valence-corrected chi connectivity index (χ1v) is 8.82.